The molecule has 0 aromatic heterocycles. The molecule has 0 radical (unpaired) electrons. The van der Waals surface area contributed by atoms with E-state index in [4.69, 9.17) is 18.8 Å². The molecule has 1 spiro atoms. The van der Waals surface area contributed by atoms with Crippen molar-refractivity contribution in [2.45, 2.75) is 57.2 Å². The number of halogens is 4. The fourth-order valence-corrected chi connectivity index (χ4v) is 4.91. The van der Waals surface area contributed by atoms with Crippen LogP contribution in [0.25, 0.3) is 4.85 Å². The van der Waals surface area contributed by atoms with Crippen molar-refractivity contribution in [1.29, 1.82) is 0 Å². The normalized spacial score (nSPS) is 17.5. The Labute approximate surface area is 194 Å². The third-order valence-corrected chi connectivity index (χ3v) is 6.72. The zero-order valence-corrected chi connectivity index (χ0v) is 18.7. The van der Waals surface area contributed by atoms with Gasteiger partial charge in [0.15, 0.2) is 10.8 Å². The maximum atomic E-state index is 14.8. The largest absolute Gasteiger partial charge is 0.407 e. The van der Waals surface area contributed by atoms with Gasteiger partial charge in [0.25, 0.3) is 5.91 Å². The van der Waals surface area contributed by atoms with Gasteiger partial charge in [-0.05, 0) is 74.2 Å². The number of benzene rings is 2. The van der Waals surface area contributed by atoms with Gasteiger partial charge in [0.2, 0.25) is 0 Å². The highest BCUT2D eigenvalue weighted by molar-refractivity contribution is 7.81. The minimum atomic E-state index is -4.76. The van der Waals surface area contributed by atoms with Crippen molar-refractivity contribution >= 4 is 40.3 Å². The molecule has 0 atom stereocenters. The summed E-state index contributed by atoms with van der Waals surface area (Å²) in [6.07, 6.45) is -0.711. The van der Waals surface area contributed by atoms with Gasteiger partial charge in [-0.15, -0.1) is 0 Å². The summed E-state index contributed by atoms with van der Waals surface area (Å²) in [7, 11) is 0. The van der Waals surface area contributed by atoms with E-state index in [1.165, 1.54) is 12.1 Å². The molecule has 9 heteroatoms. The highest BCUT2D eigenvalue weighted by Crippen LogP contribution is 2.49. The number of nitrogens with zero attached hydrogens (tertiary/aromatic N) is 3. The lowest BCUT2D eigenvalue weighted by Gasteiger charge is -2.43. The van der Waals surface area contributed by atoms with E-state index in [1.807, 2.05) is 6.92 Å². The summed E-state index contributed by atoms with van der Waals surface area (Å²) >= 11 is 5.56. The van der Waals surface area contributed by atoms with Crippen LogP contribution in [0.15, 0.2) is 36.4 Å². The summed E-state index contributed by atoms with van der Waals surface area (Å²) in [4.78, 5) is 19.1. The molecule has 172 valence electrons. The highest BCUT2D eigenvalue weighted by Gasteiger charge is 2.59. The predicted octanol–water partition coefficient (Wildman–Crippen LogP) is 6.80. The van der Waals surface area contributed by atoms with E-state index in [9.17, 15) is 22.4 Å². The van der Waals surface area contributed by atoms with E-state index in [-0.39, 0.29) is 10.8 Å². The lowest BCUT2D eigenvalue weighted by Crippen LogP contribution is -2.55. The first-order valence-electron chi connectivity index (χ1n) is 10.7. The summed E-state index contributed by atoms with van der Waals surface area (Å²) in [6, 6.07) is 7.84. The lowest BCUT2D eigenvalue weighted by atomic mass is 9.75. The number of anilines is 2. The smallest absolute Gasteiger partial charge is 0.303 e. The minimum absolute atomic E-state index is 0.00379. The molecular weight excluding hydrogens is 454 g/mol. The molecule has 1 heterocycles. The molecule has 1 aliphatic heterocycles. The lowest BCUT2D eigenvalue weighted by molar-refractivity contribution is -0.136. The second-order valence-electron chi connectivity index (χ2n) is 8.33. The maximum absolute atomic E-state index is 14.8. The SMILES string of the molecule is [C-]#[N+]c1ccc(N2C(=O)C3(CCC3)N(c3ccc(CCCC)c(F)c3)C2=S)cc1C(F)(F)F. The second kappa shape index (κ2) is 8.41. The standard InChI is InChI=1S/C24H21F4N3OS/c1-3-4-6-15-7-8-17(14-19(15)25)31-22(33)30(21(32)23(31)11-5-12-23)16-9-10-20(29-2)18(13-16)24(26,27)28/h7-10,13-14H,3-6,11-12H2,1H3. The van der Waals surface area contributed by atoms with Crippen LogP contribution in [0.4, 0.5) is 34.6 Å². The molecule has 2 aromatic carbocycles. The van der Waals surface area contributed by atoms with Crippen LogP contribution >= 0.6 is 12.2 Å². The molecule has 2 aromatic rings. The molecule has 33 heavy (non-hydrogen) atoms. The van der Waals surface area contributed by atoms with E-state index in [1.54, 1.807) is 17.0 Å². The number of rotatable bonds is 5. The van der Waals surface area contributed by atoms with E-state index in [0.717, 1.165) is 36.3 Å². The van der Waals surface area contributed by atoms with Crippen molar-refractivity contribution in [1.82, 2.24) is 0 Å². The van der Waals surface area contributed by atoms with Crippen molar-refractivity contribution in [2.75, 3.05) is 9.80 Å². The second-order valence-corrected chi connectivity index (χ2v) is 8.70. The van der Waals surface area contributed by atoms with E-state index in [2.05, 4.69) is 4.85 Å². The topological polar surface area (TPSA) is 27.9 Å². The Morgan fingerprint density at radius 1 is 1.15 bits per heavy atom. The Kier molecular flexibility index (Phi) is 5.91. The Morgan fingerprint density at radius 2 is 1.85 bits per heavy atom. The third kappa shape index (κ3) is 3.76. The number of unbranched alkanes of at least 4 members (excludes halogenated alkanes) is 1. The molecule has 2 aliphatic rings. The van der Waals surface area contributed by atoms with E-state index < -0.39 is 34.7 Å². The number of thiocarbonyl (C=S) groups is 1. The fraction of sp³-hybridized carbons (Fsp3) is 0.375. The summed E-state index contributed by atoms with van der Waals surface area (Å²) < 4.78 is 55.3. The molecule has 1 aliphatic carbocycles. The molecule has 0 N–H and O–H groups in total. The molecule has 4 rings (SSSR count). The van der Waals surface area contributed by atoms with Gasteiger partial charge in [0.05, 0.1) is 12.1 Å². The Balaban J connectivity index is 1.76. The molecule has 1 saturated carbocycles. The van der Waals surface area contributed by atoms with Gasteiger partial charge >= 0.3 is 6.18 Å². The van der Waals surface area contributed by atoms with Gasteiger partial charge < -0.3 is 4.90 Å². The van der Waals surface area contributed by atoms with Crippen molar-refractivity contribution < 1.29 is 22.4 Å². The van der Waals surface area contributed by atoms with Crippen molar-refractivity contribution in [2.24, 2.45) is 0 Å². The van der Waals surface area contributed by atoms with E-state index >= 15 is 0 Å². The van der Waals surface area contributed by atoms with Crippen molar-refractivity contribution in [3.63, 3.8) is 0 Å². The Morgan fingerprint density at radius 3 is 2.39 bits per heavy atom. The Bertz CT molecular complexity index is 1170. The number of hydrogen-bond acceptors (Lipinski definition) is 2. The quantitative estimate of drug-likeness (QED) is 0.271. The first-order chi connectivity index (χ1) is 15.6. The monoisotopic (exact) mass is 475 g/mol. The van der Waals surface area contributed by atoms with E-state index in [0.29, 0.717) is 30.5 Å². The number of carbonyl (C=O) groups excluding carboxylic acids is 1. The fourth-order valence-electron chi connectivity index (χ4n) is 4.44. The van der Waals surface area contributed by atoms with Crippen molar-refractivity contribution in [3.8, 4) is 0 Å². The molecule has 0 bridgehead atoms. The predicted molar refractivity (Wildman–Crippen MR) is 122 cm³/mol. The molecule has 4 nitrogen and oxygen atoms in total. The van der Waals surface area contributed by atoms with Gasteiger partial charge in [-0.1, -0.05) is 25.5 Å². The zero-order valence-electron chi connectivity index (χ0n) is 17.9. The molecule has 1 saturated heterocycles. The first-order valence-corrected chi connectivity index (χ1v) is 11.1. The van der Waals surface area contributed by atoms with Crippen LogP contribution in [0, 0.1) is 12.4 Å². The average Bonchev–Trinajstić information content (AvgIpc) is 2.98. The summed E-state index contributed by atoms with van der Waals surface area (Å²) in [5.74, 6) is -0.831. The average molecular weight is 476 g/mol. The van der Waals surface area contributed by atoms with Gasteiger partial charge in [0, 0.05) is 11.4 Å². The van der Waals surface area contributed by atoms with Crippen LogP contribution in [-0.4, -0.2) is 16.6 Å². The molecule has 2 fully saturated rings. The molecule has 1 amide bonds. The number of aryl methyl sites for hydroxylation is 1. The van der Waals surface area contributed by atoms with Crippen LogP contribution in [0.5, 0.6) is 0 Å². The first kappa shape index (κ1) is 23.2. The van der Waals surface area contributed by atoms with Gasteiger partial charge in [-0.25, -0.2) is 9.24 Å². The minimum Gasteiger partial charge on any atom is -0.303 e. The van der Waals surface area contributed by atoms with Gasteiger partial charge in [-0.3, -0.25) is 9.69 Å². The number of hydrogen-bond donors (Lipinski definition) is 0. The number of amides is 1. The van der Waals surface area contributed by atoms with Crippen LogP contribution < -0.4 is 9.80 Å². The molecular formula is C24H21F4N3OS. The Hall–Kier alpha value is -2.99. The number of carbonyl (C=O) groups is 1. The highest BCUT2D eigenvalue weighted by atomic mass is 32.1. The van der Waals surface area contributed by atoms with Crippen LogP contribution in [0.2, 0.25) is 0 Å². The molecule has 0 unspecified atom stereocenters. The number of alkyl halides is 3. The van der Waals surface area contributed by atoms with Crippen LogP contribution in [0.3, 0.4) is 0 Å². The zero-order chi connectivity index (χ0) is 24.0. The van der Waals surface area contributed by atoms with Crippen molar-refractivity contribution in [3.05, 3.63) is 64.8 Å². The summed E-state index contributed by atoms with van der Waals surface area (Å²) in [5.41, 5.74) is -1.80. The van der Waals surface area contributed by atoms with Gasteiger partial charge in [-0.2, -0.15) is 13.2 Å². The van der Waals surface area contributed by atoms with Gasteiger partial charge in [0.1, 0.15) is 11.4 Å². The third-order valence-electron chi connectivity index (χ3n) is 6.35. The maximum Gasteiger partial charge on any atom is 0.407 e. The summed E-state index contributed by atoms with van der Waals surface area (Å²) in [6.45, 7) is 9.04. The van der Waals surface area contributed by atoms with Crippen LogP contribution in [0.1, 0.15) is 50.2 Å². The van der Waals surface area contributed by atoms with Crippen LogP contribution in [-0.2, 0) is 17.4 Å². The summed E-state index contributed by atoms with van der Waals surface area (Å²) in [5, 5.41) is 0.00379.